The molecule has 3 aromatic rings. The fraction of sp³-hybridized carbons (Fsp3) is 0.348. The van der Waals surface area contributed by atoms with Gasteiger partial charge in [0.15, 0.2) is 0 Å². The Kier molecular flexibility index (Phi) is 7.75. The molecular formula is C23H26N4O3S2. The number of carbonyl (C=O) groups is 1. The topological polar surface area (TPSA) is 99.4 Å². The molecule has 1 aliphatic carbocycles. The number of aromatic nitrogens is 2. The molecule has 0 aliphatic heterocycles. The molecular weight excluding hydrogens is 444 g/mol. The zero-order chi connectivity index (χ0) is 22.3. The summed E-state index contributed by atoms with van der Waals surface area (Å²) < 4.78 is 11.2. The molecule has 32 heavy (non-hydrogen) atoms. The number of nitrogens with zero attached hydrogens (tertiary/aromatic N) is 2. The van der Waals surface area contributed by atoms with E-state index in [-0.39, 0.29) is 11.8 Å². The number of ketones is 1. The highest BCUT2D eigenvalue weighted by molar-refractivity contribution is 7.92. The third-order valence-electron chi connectivity index (χ3n) is 5.58. The Morgan fingerprint density at radius 2 is 2.22 bits per heavy atom. The van der Waals surface area contributed by atoms with Crippen molar-refractivity contribution >= 4 is 35.2 Å². The van der Waals surface area contributed by atoms with Gasteiger partial charge in [0, 0.05) is 17.8 Å². The molecule has 4 rings (SSSR count). The van der Waals surface area contributed by atoms with Gasteiger partial charge in [-0.3, -0.25) is 9.93 Å². The Bertz CT molecular complexity index is 1060. The summed E-state index contributed by atoms with van der Waals surface area (Å²) >= 11 is 2.32. The van der Waals surface area contributed by atoms with Crippen LogP contribution < -0.4 is 15.2 Å². The van der Waals surface area contributed by atoms with E-state index in [1.165, 1.54) is 17.7 Å². The smallest absolute Gasteiger partial charge is 0.208 e. The summed E-state index contributed by atoms with van der Waals surface area (Å²) in [5, 5.41) is 10.7. The van der Waals surface area contributed by atoms with Crippen molar-refractivity contribution < 1.29 is 13.7 Å². The van der Waals surface area contributed by atoms with E-state index in [0.717, 1.165) is 48.4 Å². The number of thiophene rings is 1. The molecule has 0 bridgehead atoms. The largest absolute Gasteiger partial charge is 0.489 e. The number of nitrogens with two attached hydrogens (primary N) is 1. The van der Waals surface area contributed by atoms with Crippen LogP contribution in [0.4, 0.5) is 5.82 Å². The van der Waals surface area contributed by atoms with Crippen molar-refractivity contribution in [1.82, 2.24) is 9.97 Å². The van der Waals surface area contributed by atoms with Crippen LogP contribution in [0.15, 0.2) is 48.2 Å². The molecule has 2 heterocycles. The van der Waals surface area contributed by atoms with Crippen molar-refractivity contribution in [2.24, 2.45) is 11.1 Å². The fourth-order valence-corrected chi connectivity index (χ4v) is 5.00. The number of rotatable bonds is 10. The third-order valence-corrected chi connectivity index (χ3v) is 6.83. The van der Waals surface area contributed by atoms with E-state index in [4.69, 9.17) is 14.1 Å². The fourth-order valence-electron chi connectivity index (χ4n) is 3.88. The number of aryl methyl sites for hydroxylation is 1. The molecule has 0 saturated heterocycles. The average molecular weight is 471 g/mol. The van der Waals surface area contributed by atoms with Gasteiger partial charge in [-0.25, -0.2) is 9.97 Å². The van der Waals surface area contributed by atoms with Crippen LogP contribution in [0.2, 0.25) is 0 Å². The molecule has 0 amide bonds. The van der Waals surface area contributed by atoms with Gasteiger partial charge in [0.05, 0.1) is 29.3 Å². The van der Waals surface area contributed by atoms with Gasteiger partial charge in [0.2, 0.25) is 5.78 Å². The highest BCUT2D eigenvalue weighted by Crippen LogP contribution is 2.30. The van der Waals surface area contributed by atoms with Gasteiger partial charge in [0.25, 0.3) is 0 Å². The van der Waals surface area contributed by atoms with Gasteiger partial charge in [0.1, 0.15) is 24.5 Å². The summed E-state index contributed by atoms with van der Waals surface area (Å²) in [5.74, 6) is 1.80. The normalized spacial score (nSPS) is 17.9. The van der Waals surface area contributed by atoms with Crippen LogP contribution in [0.1, 0.15) is 45.6 Å². The van der Waals surface area contributed by atoms with E-state index >= 15 is 0 Å². The number of anilines is 1. The maximum atomic E-state index is 13.2. The lowest BCUT2D eigenvalue weighted by Gasteiger charge is -2.15. The van der Waals surface area contributed by atoms with Gasteiger partial charge in [-0.1, -0.05) is 18.2 Å². The predicted octanol–water partition coefficient (Wildman–Crippen LogP) is 4.78. The second-order valence-electron chi connectivity index (χ2n) is 7.89. The summed E-state index contributed by atoms with van der Waals surface area (Å²) in [7, 11) is 0. The molecule has 0 spiro atoms. The molecule has 2 aromatic heterocycles. The van der Waals surface area contributed by atoms with E-state index in [1.807, 2.05) is 42.6 Å². The van der Waals surface area contributed by atoms with Gasteiger partial charge < -0.3 is 14.2 Å². The highest BCUT2D eigenvalue weighted by Gasteiger charge is 2.27. The molecule has 7 nitrogen and oxygen atoms in total. The van der Waals surface area contributed by atoms with E-state index in [2.05, 4.69) is 15.3 Å². The molecule has 1 fully saturated rings. The summed E-state index contributed by atoms with van der Waals surface area (Å²) in [4.78, 5) is 22.3. The van der Waals surface area contributed by atoms with Gasteiger partial charge in [-0.2, -0.15) is 0 Å². The summed E-state index contributed by atoms with van der Waals surface area (Å²) in [6.07, 6.45) is 6.07. The predicted molar refractivity (Wildman–Crippen MR) is 128 cm³/mol. The Hall–Kier alpha value is -2.46. The minimum absolute atomic E-state index is 0.0855. The number of hydrogen-bond donors (Lipinski definition) is 2. The zero-order valence-corrected chi connectivity index (χ0v) is 19.5. The van der Waals surface area contributed by atoms with Crippen molar-refractivity contribution in [1.29, 1.82) is 0 Å². The summed E-state index contributed by atoms with van der Waals surface area (Å²) in [5.41, 5.74) is 2.53. The molecule has 1 aliphatic rings. The lowest BCUT2D eigenvalue weighted by molar-refractivity contribution is 0.104. The van der Waals surface area contributed by atoms with Crippen LogP contribution in [-0.2, 0) is 10.8 Å². The number of hydrogen-bond acceptors (Lipinski definition) is 9. The van der Waals surface area contributed by atoms with Crippen molar-refractivity contribution in [3.63, 3.8) is 0 Å². The monoisotopic (exact) mass is 470 g/mol. The molecule has 3 N–H and O–H groups in total. The van der Waals surface area contributed by atoms with Crippen LogP contribution in [0, 0.1) is 12.8 Å². The summed E-state index contributed by atoms with van der Waals surface area (Å²) in [6, 6.07) is 10.0. The Morgan fingerprint density at radius 3 is 3.06 bits per heavy atom. The number of carbonyl (C=O) groups excluding carboxylic acids is 1. The molecule has 2 atom stereocenters. The Morgan fingerprint density at radius 1 is 1.34 bits per heavy atom. The molecule has 168 valence electrons. The average Bonchev–Trinajstić information content (AvgIpc) is 3.47. The standard InChI is InChI=1S/C23H26N4O3S2/c1-15-4-2-3-5-20(15)29-11-17-9-21(31-13-17)22(28)19-10-25-14-26-23(19)27-18-7-6-16(8-18)12-30-32-24/h2-5,9-10,13-14,16,18H,6-8,11-12,24H2,1H3,(H,25,26,27). The lowest BCUT2D eigenvalue weighted by atomic mass is 10.1. The van der Waals surface area contributed by atoms with E-state index in [1.54, 1.807) is 6.20 Å². The highest BCUT2D eigenvalue weighted by atomic mass is 32.2. The van der Waals surface area contributed by atoms with Crippen LogP contribution >= 0.6 is 23.6 Å². The van der Waals surface area contributed by atoms with Crippen molar-refractivity contribution in [3.8, 4) is 5.75 Å². The molecule has 2 unspecified atom stereocenters. The SMILES string of the molecule is Cc1ccccc1OCc1csc(C(=O)c2cncnc2NC2CCC(COSN)C2)c1. The van der Waals surface area contributed by atoms with Crippen LogP contribution in [0.25, 0.3) is 0 Å². The first-order chi connectivity index (χ1) is 15.6. The van der Waals surface area contributed by atoms with Crippen molar-refractivity contribution in [2.75, 3.05) is 11.9 Å². The lowest BCUT2D eigenvalue weighted by Crippen LogP contribution is -2.20. The van der Waals surface area contributed by atoms with Crippen LogP contribution in [0.3, 0.4) is 0 Å². The van der Waals surface area contributed by atoms with E-state index in [9.17, 15) is 4.79 Å². The van der Waals surface area contributed by atoms with Gasteiger partial charge >= 0.3 is 0 Å². The first-order valence-corrected chi connectivity index (χ1v) is 12.2. The zero-order valence-electron chi connectivity index (χ0n) is 17.8. The molecule has 1 aromatic carbocycles. The van der Waals surface area contributed by atoms with E-state index < -0.39 is 0 Å². The number of para-hydroxylation sites is 1. The molecule has 9 heteroatoms. The molecule has 1 saturated carbocycles. The Labute approximate surface area is 196 Å². The summed E-state index contributed by atoms with van der Waals surface area (Å²) in [6.45, 7) is 3.06. The first-order valence-electron chi connectivity index (χ1n) is 10.5. The second-order valence-corrected chi connectivity index (χ2v) is 9.23. The first kappa shape index (κ1) is 22.7. The van der Waals surface area contributed by atoms with Crippen molar-refractivity contribution in [2.45, 2.75) is 38.8 Å². The number of benzene rings is 1. The van der Waals surface area contributed by atoms with E-state index in [0.29, 0.717) is 35.4 Å². The number of ether oxygens (including phenoxy) is 1. The number of nitrogens with one attached hydrogen (secondary N) is 1. The quantitative estimate of drug-likeness (QED) is 0.248. The minimum atomic E-state index is -0.0855. The van der Waals surface area contributed by atoms with Crippen LogP contribution in [0.5, 0.6) is 5.75 Å². The minimum Gasteiger partial charge on any atom is -0.489 e. The van der Waals surface area contributed by atoms with Gasteiger partial charge in [-0.15, -0.1) is 11.3 Å². The maximum absolute atomic E-state index is 13.2. The third kappa shape index (κ3) is 5.66. The van der Waals surface area contributed by atoms with Gasteiger partial charge in [-0.05, 0) is 55.2 Å². The molecule has 0 radical (unpaired) electrons. The maximum Gasteiger partial charge on any atom is 0.208 e. The van der Waals surface area contributed by atoms with Crippen LogP contribution in [-0.4, -0.2) is 28.4 Å². The van der Waals surface area contributed by atoms with Crippen molar-refractivity contribution in [3.05, 3.63) is 69.8 Å². The second kappa shape index (κ2) is 10.9. The Balaban J connectivity index is 1.40.